The second-order valence-corrected chi connectivity index (χ2v) is 6.46. The zero-order chi connectivity index (χ0) is 13.3. The molecule has 0 atom stereocenters. The first-order valence-electron chi connectivity index (χ1n) is 5.90. The number of thioether (sulfide) groups is 1. The minimum atomic E-state index is -0.529. The van der Waals surface area contributed by atoms with Crippen molar-refractivity contribution in [3.05, 3.63) is 23.8 Å². The highest BCUT2D eigenvalue weighted by atomic mass is 32.2. The quantitative estimate of drug-likeness (QED) is 0.576. The predicted molar refractivity (Wildman–Crippen MR) is 71.2 cm³/mol. The molecule has 96 valence electrons. The summed E-state index contributed by atoms with van der Waals surface area (Å²) in [6.45, 7) is 5.43. The van der Waals surface area contributed by atoms with Crippen molar-refractivity contribution in [3.8, 4) is 5.75 Å². The second-order valence-electron chi connectivity index (χ2n) is 5.32. The van der Waals surface area contributed by atoms with E-state index in [0.29, 0.717) is 12.2 Å². The number of benzene rings is 1. The number of ether oxygens (including phenoxy) is 1. The van der Waals surface area contributed by atoms with Crippen molar-refractivity contribution < 1.29 is 14.3 Å². The average Bonchev–Trinajstić information content (AvgIpc) is 2.28. The summed E-state index contributed by atoms with van der Waals surface area (Å²) < 4.78 is 5.32. The maximum Gasteiger partial charge on any atom is 0.316 e. The summed E-state index contributed by atoms with van der Waals surface area (Å²) in [5, 5.41) is 0. The van der Waals surface area contributed by atoms with Gasteiger partial charge in [-0.25, -0.2) is 0 Å². The number of carbonyl (C=O) groups excluding carboxylic acids is 2. The lowest BCUT2D eigenvalue weighted by Gasteiger charge is -2.18. The maximum absolute atomic E-state index is 11.8. The highest BCUT2D eigenvalue weighted by Gasteiger charge is 2.24. The van der Waals surface area contributed by atoms with Crippen molar-refractivity contribution in [1.29, 1.82) is 0 Å². The van der Waals surface area contributed by atoms with E-state index in [0.717, 1.165) is 16.2 Å². The maximum atomic E-state index is 11.8. The van der Waals surface area contributed by atoms with E-state index in [2.05, 4.69) is 0 Å². The molecule has 18 heavy (non-hydrogen) atoms. The molecule has 0 radical (unpaired) electrons. The molecule has 1 aliphatic heterocycles. The number of ketones is 1. The molecule has 0 aromatic heterocycles. The lowest BCUT2D eigenvalue weighted by molar-refractivity contribution is -0.143. The van der Waals surface area contributed by atoms with Crippen LogP contribution < -0.4 is 4.74 Å². The zero-order valence-electron chi connectivity index (χ0n) is 10.8. The molecular weight excluding hydrogens is 248 g/mol. The first-order valence-corrected chi connectivity index (χ1v) is 6.89. The fourth-order valence-electron chi connectivity index (χ4n) is 1.56. The van der Waals surface area contributed by atoms with E-state index >= 15 is 0 Å². The van der Waals surface area contributed by atoms with Crippen molar-refractivity contribution in [3.63, 3.8) is 0 Å². The normalized spacial score (nSPS) is 15.2. The lowest BCUT2D eigenvalue weighted by Crippen LogP contribution is -2.25. The van der Waals surface area contributed by atoms with Crippen LogP contribution in [0, 0.1) is 5.41 Å². The van der Waals surface area contributed by atoms with Gasteiger partial charge in [-0.15, -0.1) is 11.8 Å². The van der Waals surface area contributed by atoms with Crippen LogP contribution in [-0.2, 0) is 4.79 Å². The largest absolute Gasteiger partial charge is 0.426 e. The summed E-state index contributed by atoms with van der Waals surface area (Å²) in [6.07, 6.45) is 0.582. The Morgan fingerprint density at radius 2 is 2.06 bits per heavy atom. The van der Waals surface area contributed by atoms with Crippen LogP contribution in [0.5, 0.6) is 5.75 Å². The monoisotopic (exact) mass is 264 g/mol. The van der Waals surface area contributed by atoms with Gasteiger partial charge in [0.05, 0.1) is 5.41 Å². The van der Waals surface area contributed by atoms with Crippen LogP contribution >= 0.6 is 11.8 Å². The molecule has 1 aromatic carbocycles. The van der Waals surface area contributed by atoms with E-state index in [1.807, 2.05) is 20.8 Å². The Bertz CT molecular complexity index is 500. The number of esters is 1. The van der Waals surface area contributed by atoms with Crippen molar-refractivity contribution in [2.45, 2.75) is 32.1 Å². The smallest absolute Gasteiger partial charge is 0.316 e. The van der Waals surface area contributed by atoms with Crippen molar-refractivity contribution in [2.75, 3.05) is 5.75 Å². The first kappa shape index (κ1) is 13.1. The number of fused-ring (bicyclic) bond motifs is 1. The number of carbonyl (C=O) groups is 2. The third kappa shape index (κ3) is 2.75. The van der Waals surface area contributed by atoms with E-state index in [4.69, 9.17) is 4.74 Å². The van der Waals surface area contributed by atoms with E-state index in [1.165, 1.54) is 0 Å². The SMILES string of the molecule is CC(C)(C)C(=O)Oc1ccc2c(c1)SCCC2=O. The van der Waals surface area contributed by atoms with Gasteiger partial charge in [0.1, 0.15) is 5.75 Å². The van der Waals surface area contributed by atoms with E-state index in [1.54, 1.807) is 30.0 Å². The topological polar surface area (TPSA) is 43.4 Å². The molecule has 0 aliphatic carbocycles. The molecule has 0 bridgehead atoms. The van der Waals surface area contributed by atoms with E-state index < -0.39 is 5.41 Å². The standard InChI is InChI=1S/C14H16O3S/c1-14(2,3)13(16)17-9-4-5-10-11(15)6-7-18-12(10)8-9/h4-5,8H,6-7H2,1-3H3. The van der Waals surface area contributed by atoms with Crippen molar-refractivity contribution >= 4 is 23.5 Å². The summed E-state index contributed by atoms with van der Waals surface area (Å²) in [5.74, 6) is 1.20. The van der Waals surface area contributed by atoms with Gasteiger partial charge < -0.3 is 4.74 Å². The van der Waals surface area contributed by atoms with Crippen LogP contribution in [0.4, 0.5) is 0 Å². The van der Waals surface area contributed by atoms with Crippen LogP contribution in [0.15, 0.2) is 23.1 Å². The molecule has 0 saturated carbocycles. The Balaban J connectivity index is 2.22. The Hall–Kier alpha value is -1.29. The van der Waals surface area contributed by atoms with Gasteiger partial charge in [-0.1, -0.05) is 0 Å². The van der Waals surface area contributed by atoms with E-state index in [9.17, 15) is 9.59 Å². The van der Waals surface area contributed by atoms with Crippen molar-refractivity contribution in [2.24, 2.45) is 5.41 Å². The molecular formula is C14H16O3S. The van der Waals surface area contributed by atoms with E-state index in [-0.39, 0.29) is 11.8 Å². The summed E-state index contributed by atoms with van der Waals surface area (Å²) in [7, 11) is 0. The Morgan fingerprint density at radius 3 is 2.72 bits per heavy atom. The van der Waals surface area contributed by atoms with Gasteiger partial charge in [0.15, 0.2) is 5.78 Å². The summed E-state index contributed by atoms with van der Waals surface area (Å²) in [6, 6.07) is 5.21. The molecule has 2 rings (SSSR count). The minimum Gasteiger partial charge on any atom is -0.426 e. The van der Waals surface area contributed by atoms with Gasteiger partial charge in [-0.3, -0.25) is 9.59 Å². The van der Waals surface area contributed by atoms with Gasteiger partial charge in [-0.05, 0) is 39.0 Å². The summed E-state index contributed by atoms with van der Waals surface area (Å²) in [5.41, 5.74) is 0.209. The molecule has 0 unspecified atom stereocenters. The average molecular weight is 264 g/mol. The number of Topliss-reactive ketones (excluding diaryl/α,β-unsaturated/α-hetero) is 1. The van der Waals surface area contributed by atoms with Crippen molar-refractivity contribution in [1.82, 2.24) is 0 Å². The van der Waals surface area contributed by atoms with Gasteiger partial charge in [0.25, 0.3) is 0 Å². The van der Waals surface area contributed by atoms with Gasteiger partial charge >= 0.3 is 5.97 Å². The molecule has 0 spiro atoms. The lowest BCUT2D eigenvalue weighted by atomic mass is 9.97. The Labute approximate surface area is 111 Å². The molecule has 1 aromatic rings. The molecule has 1 heterocycles. The fraction of sp³-hybridized carbons (Fsp3) is 0.429. The second kappa shape index (κ2) is 4.76. The van der Waals surface area contributed by atoms with Crippen LogP contribution in [-0.4, -0.2) is 17.5 Å². The Morgan fingerprint density at radius 1 is 1.33 bits per heavy atom. The molecule has 0 amide bonds. The molecule has 0 saturated heterocycles. The molecule has 3 nitrogen and oxygen atoms in total. The first-order chi connectivity index (χ1) is 8.38. The summed E-state index contributed by atoms with van der Waals surface area (Å²) >= 11 is 1.63. The Kier molecular flexibility index (Phi) is 3.48. The van der Waals surface area contributed by atoms with Gasteiger partial charge in [-0.2, -0.15) is 0 Å². The minimum absolute atomic E-state index is 0.164. The molecule has 4 heteroatoms. The number of hydrogen-bond acceptors (Lipinski definition) is 4. The third-order valence-corrected chi connectivity index (χ3v) is 3.72. The summed E-state index contributed by atoms with van der Waals surface area (Å²) in [4.78, 5) is 24.3. The van der Waals surface area contributed by atoms with Crippen LogP contribution in [0.3, 0.4) is 0 Å². The molecule has 0 N–H and O–H groups in total. The third-order valence-electron chi connectivity index (χ3n) is 2.66. The van der Waals surface area contributed by atoms with Crippen LogP contribution in [0.25, 0.3) is 0 Å². The molecule has 1 aliphatic rings. The van der Waals surface area contributed by atoms with Gasteiger partial charge in [0, 0.05) is 22.6 Å². The fourth-order valence-corrected chi connectivity index (χ4v) is 2.61. The highest BCUT2D eigenvalue weighted by Crippen LogP contribution is 2.33. The zero-order valence-corrected chi connectivity index (χ0v) is 11.6. The highest BCUT2D eigenvalue weighted by molar-refractivity contribution is 7.99. The van der Waals surface area contributed by atoms with Crippen LogP contribution in [0.1, 0.15) is 37.6 Å². The number of hydrogen-bond donors (Lipinski definition) is 0. The predicted octanol–water partition coefficient (Wildman–Crippen LogP) is 3.32. The molecule has 0 fully saturated rings. The van der Waals surface area contributed by atoms with Crippen LogP contribution in [0.2, 0.25) is 0 Å². The van der Waals surface area contributed by atoms with Gasteiger partial charge in [0.2, 0.25) is 0 Å². The number of rotatable bonds is 1.